The number of nitrogens with two attached hydrogens (primary N) is 1. The minimum Gasteiger partial charge on any atom is -0.383 e. The van der Waals surface area contributed by atoms with Crippen molar-refractivity contribution in [3.8, 4) is 0 Å². The molecule has 18 heavy (non-hydrogen) atoms. The molecule has 0 unspecified atom stereocenters. The summed E-state index contributed by atoms with van der Waals surface area (Å²) >= 11 is 0. The second-order valence-electron chi connectivity index (χ2n) is 4.81. The number of rotatable bonds is 5. The molecule has 4 nitrogen and oxygen atoms in total. The van der Waals surface area contributed by atoms with E-state index in [4.69, 9.17) is 10.5 Å². The van der Waals surface area contributed by atoms with E-state index in [2.05, 4.69) is 0 Å². The van der Waals surface area contributed by atoms with E-state index in [-0.39, 0.29) is 18.3 Å². The van der Waals surface area contributed by atoms with E-state index in [0.717, 1.165) is 5.56 Å². The van der Waals surface area contributed by atoms with Gasteiger partial charge in [0, 0.05) is 18.8 Å². The van der Waals surface area contributed by atoms with Gasteiger partial charge in [-0.3, -0.25) is 0 Å². The lowest BCUT2D eigenvalue weighted by Crippen LogP contribution is -2.36. The van der Waals surface area contributed by atoms with Crippen molar-refractivity contribution in [2.75, 3.05) is 19.5 Å². The van der Waals surface area contributed by atoms with Crippen molar-refractivity contribution in [3.05, 3.63) is 35.9 Å². The Kier molecular flexibility index (Phi) is 3.49. The van der Waals surface area contributed by atoms with Crippen molar-refractivity contribution in [2.45, 2.75) is 23.6 Å². The molecule has 0 spiro atoms. The zero-order chi connectivity index (χ0) is 13.4. The van der Waals surface area contributed by atoms with Gasteiger partial charge in [0.15, 0.2) is 9.84 Å². The maximum Gasteiger partial charge on any atom is 0.155 e. The summed E-state index contributed by atoms with van der Waals surface area (Å²) in [6.45, 7) is 1.92. The van der Waals surface area contributed by atoms with E-state index in [1.165, 1.54) is 0 Å². The first-order chi connectivity index (χ1) is 8.47. The molecule has 5 heteroatoms. The molecule has 0 bridgehead atoms. The minimum absolute atomic E-state index is 0.115. The van der Waals surface area contributed by atoms with Crippen molar-refractivity contribution in [3.63, 3.8) is 0 Å². The maximum atomic E-state index is 12.1. The van der Waals surface area contributed by atoms with Crippen LogP contribution >= 0.6 is 0 Å². The lowest BCUT2D eigenvalue weighted by Gasteiger charge is -2.10. The van der Waals surface area contributed by atoms with Gasteiger partial charge in [-0.25, -0.2) is 8.42 Å². The molecule has 1 saturated carbocycles. The Morgan fingerprint density at radius 1 is 1.33 bits per heavy atom. The van der Waals surface area contributed by atoms with Crippen molar-refractivity contribution in [1.82, 2.24) is 0 Å². The average Bonchev–Trinajstić information content (AvgIpc) is 2.98. The van der Waals surface area contributed by atoms with Crippen LogP contribution in [0.5, 0.6) is 0 Å². The summed E-state index contributed by atoms with van der Waals surface area (Å²) in [5.41, 5.74) is 6.42. The zero-order valence-electron chi connectivity index (χ0n) is 10.7. The van der Waals surface area contributed by atoms with Gasteiger partial charge in [-0.2, -0.15) is 0 Å². The number of sulfone groups is 1. The summed E-state index contributed by atoms with van der Waals surface area (Å²) in [6.07, 6.45) is 0. The van der Waals surface area contributed by atoms with Crippen LogP contribution in [-0.4, -0.2) is 38.7 Å². The first-order valence-electron chi connectivity index (χ1n) is 6.01. The third-order valence-electron chi connectivity index (χ3n) is 3.64. The molecule has 0 amide bonds. The molecule has 3 atom stereocenters. The summed E-state index contributed by atoms with van der Waals surface area (Å²) in [4.78, 5) is 0. The highest BCUT2D eigenvalue weighted by Gasteiger charge is 2.68. The first kappa shape index (κ1) is 13.5. The molecule has 1 fully saturated rings. The van der Waals surface area contributed by atoms with Gasteiger partial charge in [0.1, 0.15) is 0 Å². The maximum absolute atomic E-state index is 12.1. The van der Waals surface area contributed by atoms with Crippen LogP contribution < -0.4 is 5.73 Å². The highest BCUT2D eigenvalue weighted by molar-refractivity contribution is 7.92. The van der Waals surface area contributed by atoms with Crippen LogP contribution in [0.25, 0.3) is 0 Å². The number of hydrogen-bond donors (Lipinski definition) is 1. The lowest BCUT2D eigenvalue weighted by molar-refractivity contribution is 0.171. The third-order valence-corrected chi connectivity index (χ3v) is 5.93. The van der Waals surface area contributed by atoms with Gasteiger partial charge in [-0.1, -0.05) is 37.3 Å². The fraction of sp³-hybridized carbons (Fsp3) is 0.538. The van der Waals surface area contributed by atoms with Crippen LogP contribution in [0.15, 0.2) is 30.3 Å². The predicted molar refractivity (Wildman–Crippen MR) is 71.2 cm³/mol. The Balaban J connectivity index is 2.36. The molecule has 2 rings (SSSR count). The van der Waals surface area contributed by atoms with Crippen molar-refractivity contribution in [2.24, 2.45) is 5.73 Å². The van der Waals surface area contributed by atoms with Gasteiger partial charge in [0.25, 0.3) is 0 Å². The third kappa shape index (κ3) is 2.06. The smallest absolute Gasteiger partial charge is 0.155 e. The first-order valence-corrected chi connectivity index (χ1v) is 7.73. The molecule has 0 aliphatic heterocycles. The van der Waals surface area contributed by atoms with Crippen molar-refractivity contribution in [1.29, 1.82) is 0 Å². The molecule has 1 aromatic rings. The summed E-state index contributed by atoms with van der Waals surface area (Å²) < 4.78 is 29.3. The normalized spacial score (nSPS) is 31.3. The standard InChI is InChI=1S/C13H19NO3S/c1-3-18(15,16)12-11(13(12,14)9-17-2)10-7-5-4-6-8-10/h4-8,11-12H,3,9,14H2,1-2H3/t11-,12+,13-/m0/s1. The van der Waals surface area contributed by atoms with E-state index >= 15 is 0 Å². The van der Waals surface area contributed by atoms with Crippen LogP contribution in [0.4, 0.5) is 0 Å². The number of hydrogen-bond acceptors (Lipinski definition) is 4. The molecule has 1 aromatic carbocycles. The molecular weight excluding hydrogens is 250 g/mol. The molecule has 2 N–H and O–H groups in total. The van der Waals surface area contributed by atoms with Crippen molar-refractivity contribution >= 4 is 9.84 Å². The molecule has 100 valence electrons. The van der Waals surface area contributed by atoms with Crippen LogP contribution in [-0.2, 0) is 14.6 Å². The SMILES string of the molecule is CCS(=O)(=O)[C@@H]1[C@H](c2ccccc2)[C@@]1(N)COC. The monoisotopic (exact) mass is 269 g/mol. The summed E-state index contributed by atoms with van der Waals surface area (Å²) in [5, 5.41) is -0.530. The average molecular weight is 269 g/mol. The summed E-state index contributed by atoms with van der Waals surface area (Å²) in [6, 6.07) is 9.55. The van der Waals surface area contributed by atoms with Gasteiger partial charge in [0.2, 0.25) is 0 Å². The summed E-state index contributed by atoms with van der Waals surface area (Å²) in [5.74, 6) is -0.0486. The molecule has 0 radical (unpaired) electrons. The molecule has 0 heterocycles. The molecular formula is C13H19NO3S. The fourth-order valence-electron chi connectivity index (χ4n) is 2.71. The Hall–Kier alpha value is -0.910. The van der Waals surface area contributed by atoms with E-state index < -0.39 is 20.6 Å². The van der Waals surface area contributed by atoms with E-state index in [1.807, 2.05) is 30.3 Å². The second kappa shape index (κ2) is 4.64. The van der Waals surface area contributed by atoms with Gasteiger partial charge in [-0.15, -0.1) is 0 Å². The highest BCUT2D eigenvalue weighted by atomic mass is 32.2. The largest absolute Gasteiger partial charge is 0.383 e. The lowest BCUT2D eigenvalue weighted by atomic mass is 10.1. The minimum atomic E-state index is -3.16. The van der Waals surface area contributed by atoms with E-state index in [9.17, 15) is 8.42 Å². The van der Waals surface area contributed by atoms with Crippen LogP contribution in [0.1, 0.15) is 18.4 Å². The van der Waals surface area contributed by atoms with E-state index in [0.29, 0.717) is 0 Å². The molecule has 1 aliphatic rings. The van der Waals surface area contributed by atoms with Gasteiger partial charge < -0.3 is 10.5 Å². The van der Waals surface area contributed by atoms with Gasteiger partial charge in [-0.05, 0) is 5.56 Å². The van der Waals surface area contributed by atoms with Crippen molar-refractivity contribution < 1.29 is 13.2 Å². The topological polar surface area (TPSA) is 69.4 Å². The van der Waals surface area contributed by atoms with E-state index in [1.54, 1.807) is 14.0 Å². The quantitative estimate of drug-likeness (QED) is 0.863. The highest BCUT2D eigenvalue weighted by Crippen LogP contribution is 2.54. The van der Waals surface area contributed by atoms with Crippen LogP contribution in [0.2, 0.25) is 0 Å². The predicted octanol–water partition coefficient (Wildman–Crippen LogP) is 0.931. The van der Waals surface area contributed by atoms with Gasteiger partial charge >= 0.3 is 0 Å². The number of methoxy groups -OCH3 is 1. The number of benzene rings is 1. The number of ether oxygens (including phenoxy) is 1. The van der Waals surface area contributed by atoms with Crippen LogP contribution in [0.3, 0.4) is 0 Å². The Morgan fingerprint density at radius 3 is 2.44 bits per heavy atom. The molecule has 0 aromatic heterocycles. The Labute approximate surface area is 108 Å². The zero-order valence-corrected chi connectivity index (χ0v) is 11.5. The second-order valence-corrected chi connectivity index (χ2v) is 7.22. The van der Waals surface area contributed by atoms with Gasteiger partial charge in [0.05, 0.1) is 17.4 Å². The molecule has 1 aliphatic carbocycles. The summed E-state index contributed by atoms with van der Waals surface area (Å²) in [7, 11) is -1.61. The molecule has 0 saturated heterocycles. The fourth-order valence-corrected chi connectivity index (χ4v) is 4.70. The van der Waals surface area contributed by atoms with Crippen LogP contribution in [0, 0.1) is 0 Å². The Bertz CT molecular complexity index is 514. The Morgan fingerprint density at radius 2 is 1.94 bits per heavy atom.